The number of amides is 1. The second-order valence-corrected chi connectivity index (χ2v) is 8.42. The van der Waals surface area contributed by atoms with Gasteiger partial charge in [0.1, 0.15) is 11.5 Å². The van der Waals surface area contributed by atoms with Gasteiger partial charge in [-0.3, -0.25) is 4.79 Å². The molecule has 0 aliphatic heterocycles. The van der Waals surface area contributed by atoms with Crippen molar-refractivity contribution >= 4 is 17.3 Å². The molecule has 0 unspecified atom stereocenters. The third kappa shape index (κ3) is 9.27. The summed E-state index contributed by atoms with van der Waals surface area (Å²) in [5.41, 5.74) is 2.92. The molecule has 0 aromatic heterocycles. The van der Waals surface area contributed by atoms with Gasteiger partial charge in [-0.2, -0.15) is 0 Å². The largest absolute Gasteiger partial charge is 0.494 e. The van der Waals surface area contributed by atoms with E-state index in [1.807, 2.05) is 54.6 Å². The first kappa shape index (κ1) is 24.2. The van der Waals surface area contributed by atoms with Crippen LogP contribution in [0.1, 0.15) is 32.3 Å². The highest BCUT2D eigenvalue weighted by molar-refractivity contribution is 5.93. The molecule has 0 fully saturated rings. The van der Waals surface area contributed by atoms with Crippen LogP contribution >= 0.6 is 0 Å². The van der Waals surface area contributed by atoms with Crippen molar-refractivity contribution in [1.82, 2.24) is 0 Å². The Bertz CT molecular complexity index is 972. The fourth-order valence-corrected chi connectivity index (χ4v) is 3.24. The molecule has 33 heavy (non-hydrogen) atoms. The summed E-state index contributed by atoms with van der Waals surface area (Å²) in [5.74, 6) is 2.07. The van der Waals surface area contributed by atoms with E-state index in [9.17, 15) is 4.79 Å². The van der Waals surface area contributed by atoms with Gasteiger partial charge in [-0.25, -0.2) is 0 Å². The lowest BCUT2D eigenvalue weighted by Gasteiger charge is -2.11. The summed E-state index contributed by atoms with van der Waals surface area (Å²) < 4.78 is 11.6. The molecule has 174 valence electrons. The zero-order chi connectivity index (χ0) is 23.3. The molecule has 0 atom stereocenters. The Morgan fingerprint density at radius 3 is 2.33 bits per heavy atom. The normalized spacial score (nSPS) is 10.6. The number of aryl methyl sites for hydroxylation is 1. The Hall–Kier alpha value is -3.47. The molecule has 1 amide bonds. The second kappa shape index (κ2) is 13.2. The van der Waals surface area contributed by atoms with E-state index in [4.69, 9.17) is 9.47 Å². The monoisotopic (exact) mass is 446 g/mol. The van der Waals surface area contributed by atoms with Crippen LogP contribution in [0.4, 0.5) is 11.4 Å². The topological polar surface area (TPSA) is 59.6 Å². The van der Waals surface area contributed by atoms with Crippen LogP contribution < -0.4 is 20.1 Å². The first-order chi connectivity index (χ1) is 16.1. The van der Waals surface area contributed by atoms with Crippen molar-refractivity contribution in [3.05, 3.63) is 84.4 Å². The van der Waals surface area contributed by atoms with Gasteiger partial charge < -0.3 is 20.1 Å². The summed E-state index contributed by atoms with van der Waals surface area (Å²) in [7, 11) is 0. The van der Waals surface area contributed by atoms with Crippen molar-refractivity contribution in [2.75, 3.05) is 30.4 Å². The molecule has 3 aromatic rings. The maximum atomic E-state index is 12.3. The zero-order valence-electron chi connectivity index (χ0n) is 19.6. The highest BCUT2D eigenvalue weighted by atomic mass is 16.5. The summed E-state index contributed by atoms with van der Waals surface area (Å²) in [6, 6.07) is 25.6. The Kier molecular flexibility index (Phi) is 9.64. The lowest BCUT2D eigenvalue weighted by Crippen LogP contribution is -2.21. The fourth-order valence-electron chi connectivity index (χ4n) is 3.24. The average Bonchev–Trinajstić information content (AvgIpc) is 2.82. The van der Waals surface area contributed by atoms with Crippen LogP contribution in [-0.2, 0) is 11.2 Å². The van der Waals surface area contributed by atoms with Gasteiger partial charge in [-0.15, -0.1) is 0 Å². The molecule has 0 bridgehead atoms. The van der Waals surface area contributed by atoms with Crippen LogP contribution in [0.15, 0.2) is 78.9 Å². The molecule has 5 nitrogen and oxygen atoms in total. The molecule has 0 saturated heterocycles. The van der Waals surface area contributed by atoms with Crippen LogP contribution in [0.2, 0.25) is 0 Å². The Labute approximate surface area is 197 Å². The molecule has 0 spiro atoms. The standard InChI is InChI=1S/C28H34N2O3/c1-22(2)17-19-33-27-12-6-11-25(20-27)30-28(31)21-29-24-13-15-26(16-14-24)32-18-7-10-23-8-4-3-5-9-23/h3-6,8-9,11-16,20,22,29H,7,10,17-19,21H2,1-2H3,(H,30,31). The number of carbonyl (C=O) groups excluding carboxylic acids is 1. The van der Waals surface area contributed by atoms with Gasteiger partial charge in [-0.1, -0.05) is 50.2 Å². The van der Waals surface area contributed by atoms with Crippen molar-refractivity contribution in [3.8, 4) is 11.5 Å². The summed E-state index contributed by atoms with van der Waals surface area (Å²) in [4.78, 5) is 12.3. The van der Waals surface area contributed by atoms with E-state index in [1.165, 1.54) is 5.56 Å². The lowest BCUT2D eigenvalue weighted by atomic mass is 10.1. The highest BCUT2D eigenvalue weighted by Crippen LogP contribution is 2.19. The van der Waals surface area contributed by atoms with Gasteiger partial charge >= 0.3 is 0 Å². The number of ether oxygens (including phenoxy) is 2. The molecule has 3 aromatic carbocycles. The van der Waals surface area contributed by atoms with Crippen molar-refractivity contribution < 1.29 is 14.3 Å². The van der Waals surface area contributed by atoms with Gasteiger partial charge in [0.05, 0.1) is 19.8 Å². The van der Waals surface area contributed by atoms with Crippen LogP contribution in [0.5, 0.6) is 11.5 Å². The van der Waals surface area contributed by atoms with Crippen molar-refractivity contribution in [3.63, 3.8) is 0 Å². The number of hydrogen-bond acceptors (Lipinski definition) is 4. The number of hydrogen-bond donors (Lipinski definition) is 2. The Morgan fingerprint density at radius 2 is 1.58 bits per heavy atom. The summed E-state index contributed by atoms with van der Waals surface area (Å²) in [6.45, 7) is 5.85. The predicted molar refractivity (Wildman–Crippen MR) is 135 cm³/mol. The summed E-state index contributed by atoms with van der Waals surface area (Å²) >= 11 is 0. The van der Waals surface area contributed by atoms with Crippen molar-refractivity contribution in [1.29, 1.82) is 0 Å². The van der Waals surface area contributed by atoms with Crippen LogP contribution in [-0.4, -0.2) is 25.7 Å². The predicted octanol–water partition coefficient (Wildman–Crippen LogP) is 6.17. The van der Waals surface area contributed by atoms with E-state index in [2.05, 4.69) is 48.7 Å². The molecule has 0 aliphatic rings. The van der Waals surface area contributed by atoms with Gasteiger partial charge in [0.25, 0.3) is 0 Å². The highest BCUT2D eigenvalue weighted by Gasteiger charge is 2.05. The number of nitrogens with one attached hydrogen (secondary N) is 2. The van der Waals surface area contributed by atoms with Crippen LogP contribution in [0.25, 0.3) is 0 Å². The first-order valence-corrected chi connectivity index (χ1v) is 11.6. The van der Waals surface area contributed by atoms with E-state index >= 15 is 0 Å². The number of carbonyl (C=O) groups is 1. The number of benzene rings is 3. The molecule has 2 N–H and O–H groups in total. The van der Waals surface area contributed by atoms with Gasteiger partial charge in [0.2, 0.25) is 5.91 Å². The zero-order valence-corrected chi connectivity index (χ0v) is 19.6. The van der Waals surface area contributed by atoms with Gasteiger partial charge in [0.15, 0.2) is 0 Å². The molecule has 0 aliphatic carbocycles. The van der Waals surface area contributed by atoms with Crippen LogP contribution in [0, 0.1) is 5.92 Å². The fraction of sp³-hybridized carbons (Fsp3) is 0.321. The molecule has 3 rings (SSSR count). The van der Waals surface area contributed by atoms with E-state index in [0.717, 1.165) is 42.1 Å². The molecule has 0 heterocycles. The Balaban J connectivity index is 1.36. The van der Waals surface area contributed by atoms with E-state index in [0.29, 0.717) is 19.1 Å². The smallest absolute Gasteiger partial charge is 0.243 e. The number of anilines is 2. The molecular formula is C28H34N2O3. The maximum Gasteiger partial charge on any atom is 0.243 e. The Morgan fingerprint density at radius 1 is 0.818 bits per heavy atom. The van der Waals surface area contributed by atoms with E-state index in [-0.39, 0.29) is 12.5 Å². The minimum Gasteiger partial charge on any atom is -0.494 e. The third-order valence-electron chi connectivity index (χ3n) is 5.11. The SMILES string of the molecule is CC(C)CCOc1cccc(NC(=O)CNc2ccc(OCCCc3ccccc3)cc2)c1. The molecule has 5 heteroatoms. The number of rotatable bonds is 13. The quantitative estimate of drug-likeness (QED) is 0.308. The first-order valence-electron chi connectivity index (χ1n) is 11.6. The minimum absolute atomic E-state index is 0.115. The lowest BCUT2D eigenvalue weighted by molar-refractivity contribution is -0.114. The van der Waals surface area contributed by atoms with Crippen LogP contribution in [0.3, 0.4) is 0 Å². The molecular weight excluding hydrogens is 412 g/mol. The minimum atomic E-state index is -0.115. The molecule has 0 saturated carbocycles. The molecule has 0 radical (unpaired) electrons. The third-order valence-corrected chi connectivity index (χ3v) is 5.11. The van der Waals surface area contributed by atoms with E-state index in [1.54, 1.807) is 0 Å². The maximum absolute atomic E-state index is 12.3. The average molecular weight is 447 g/mol. The van der Waals surface area contributed by atoms with Gasteiger partial charge in [0, 0.05) is 17.4 Å². The summed E-state index contributed by atoms with van der Waals surface area (Å²) in [5, 5.41) is 6.05. The van der Waals surface area contributed by atoms with Crippen molar-refractivity contribution in [2.24, 2.45) is 5.92 Å². The van der Waals surface area contributed by atoms with Crippen molar-refractivity contribution in [2.45, 2.75) is 33.1 Å². The van der Waals surface area contributed by atoms with Gasteiger partial charge in [-0.05, 0) is 67.1 Å². The second-order valence-electron chi connectivity index (χ2n) is 8.42. The summed E-state index contributed by atoms with van der Waals surface area (Å²) in [6.07, 6.45) is 2.97. The van der Waals surface area contributed by atoms with E-state index < -0.39 is 0 Å².